The molecular weight excluding hydrogens is 224 g/mol. The van der Waals surface area contributed by atoms with Crippen molar-refractivity contribution in [2.45, 2.75) is 64.2 Å². The predicted molar refractivity (Wildman–Crippen MR) is 63.5 cm³/mol. The minimum absolute atomic E-state index is 0.970. The van der Waals surface area contributed by atoms with Crippen molar-refractivity contribution in [2.75, 3.05) is 5.33 Å². The molecule has 78 valence electrons. The molecule has 0 N–H and O–H groups in total. The third-order valence-electron chi connectivity index (χ3n) is 3.19. The monoisotopic (exact) mass is 246 g/mol. The summed E-state index contributed by atoms with van der Waals surface area (Å²) >= 11 is 3.64. The molecule has 0 bridgehead atoms. The molecule has 0 nitrogen and oxygen atoms in total. The molecule has 1 aliphatic carbocycles. The van der Waals surface area contributed by atoms with Crippen LogP contribution in [0.1, 0.15) is 64.2 Å². The van der Waals surface area contributed by atoms with Crippen molar-refractivity contribution in [3.05, 3.63) is 0 Å². The van der Waals surface area contributed by atoms with Gasteiger partial charge in [-0.1, -0.05) is 67.3 Å². The minimum atomic E-state index is 0.970. The SMILES string of the molecule is BrCC1CCCCCCCCCC1. The summed E-state index contributed by atoms with van der Waals surface area (Å²) in [7, 11) is 0. The van der Waals surface area contributed by atoms with Crippen LogP contribution in [0, 0.1) is 5.92 Å². The predicted octanol–water partition coefficient (Wildman–Crippen LogP) is 4.91. The minimum Gasteiger partial charge on any atom is -0.0925 e. The number of halogens is 1. The van der Waals surface area contributed by atoms with Gasteiger partial charge in [0, 0.05) is 5.33 Å². The number of alkyl halides is 1. The highest BCUT2D eigenvalue weighted by atomic mass is 79.9. The van der Waals surface area contributed by atoms with Gasteiger partial charge in [-0.05, 0) is 18.8 Å². The second-order valence-corrected chi connectivity index (χ2v) is 5.07. The molecule has 0 saturated heterocycles. The third kappa shape index (κ3) is 5.72. The molecule has 0 unspecified atom stereocenters. The van der Waals surface area contributed by atoms with E-state index >= 15 is 0 Å². The van der Waals surface area contributed by atoms with Gasteiger partial charge in [0.2, 0.25) is 0 Å². The number of hydrogen-bond acceptors (Lipinski definition) is 0. The van der Waals surface area contributed by atoms with E-state index < -0.39 is 0 Å². The van der Waals surface area contributed by atoms with Gasteiger partial charge in [0.1, 0.15) is 0 Å². The lowest BCUT2D eigenvalue weighted by Crippen LogP contribution is -2.01. The van der Waals surface area contributed by atoms with E-state index in [1.807, 2.05) is 0 Å². The van der Waals surface area contributed by atoms with Crippen LogP contribution in [0.25, 0.3) is 0 Å². The highest BCUT2D eigenvalue weighted by molar-refractivity contribution is 9.09. The summed E-state index contributed by atoms with van der Waals surface area (Å²) in [5.74, 6) is 0.970. The summed E-state index contributed by atoms with van der Waals surface area (Å²) in [4.78, 5) is 0. The van der Waals surface area contributed by atoms with E-state index in [0.717, 1.165) is 5.92 Å². The van der Waals surface area contributed by atoms with Crippen molar-refractivity contribution in [1.82, 2.24) is 0 Å². The number of rotatable bonds is 1. The van der Waals surface area contributed by atoms with Gasteiger partial charge in [0.05, 0.1) is 0 Å². The zero-order valence-corrected chi connectivity index (χ0v) is 10.3. The Hall–Kier alpha value is 0.480. The van der Waals surface area contributed by atoms with Gasteiger partial charge in [-0.3, -0.25) is 0 Å². The molecule has 0 heterocycles. The fraction of sp³-hybridized carbons (Fsp3) is 1.00. The van der Waals surface area contributed by atoms with Gasteiger partial charge >= 0.3 is 0 Å². The topological polar surface area (TPSA) is 0 Å². The Labute approximate surface area is 91.6 Å². The molecule has 13 heavy (non-hydrogen) atoms. The first-order valence-corrected chi connectivity index (χ1v) is 7.11. The largest absolute Gasteiger partial charge is 0.0925 e. The van der Waals surface area contributed by atoms with E-state index in [2.05, 4.69) is 15.9 Å². The van der Waals surface area contributed by atoms with Crippen LogP contribution in [-0.4, -0.2) is 5.33 Å². The summed E-state index contributed by atoms with van der Waals surface area (Å²) in [5.41, 5.74) is 0. The zero-order valence-electron chi connectivity index (χ0n) is 8.73. The van der Waals surface area contributed by atoms with Crippen LogP contribution in [0.4, 0.5) is 0 Å². The van der Waals surface area contributed by atoms with Gasteiger partial charge in [-0.2, -0.15) is 0 Å². The molecule has 0 aromatic carbocycles. The quantitative estimate of drug-likeness (QED) is 0.577. The molecule has 1 heteroatoms. The average molecular weight is 247 g/mol. The molecule has 1 saturated carbocycles. The third-order valence-corrected chi connectivity index (χ3v) is 4.11. The summed E-state index contributed by atoms with van der Waals surface area (Å²) in [6, 6.07) is 0. The maximum Gasteiger partial charge on any atom is 0.00596 e. The van der Waals surface area contributed by atoms with Crippen molar-refractivity contribution < 1.29 is 0 Å². The average Bonchev–Trinajstić information content (AvgIpc) is 2.22. The molecule has 0 atom stereocenters. The van der Waals surface area contributed by atoms with Crippen LogP contribution >= 0.6 is 15.9 Å². The Morgan fingerprint density at radius 1 is 0.692 bits per heavy atom. The van der Waals surface area contributed by atoms with Gasteiger partial charge in [-0.25, -0.2) is 0 Å². The number of hydrogen-bond donors (Lipinski definition) is 0. The van der Waals surface area contributed by atoms with Crippen LogP contribution in [-0.2, 0) is 0 Å². The Bertz CT molecular complexity index is 99.7. The normalized spacial score (nSPS) is 23.8. The van der Waals surface area contributed by atoms with Crippen molar-refractivity contribution >= 4 is 15.9 Å². The lowest BCUT2D eigenvalue weighted by atomic mass is 9.97. The van der Waals surface area contributed by atoms with E-state index in [0.29, 0.717) is 0 Å². The van der Waals surface area contributed by atoms with Crippen LogP contribution in [0.3, 0.4) is 0 Å². The smallest absolute Gasteiger partial charge is 0.00596 e. The van der Waals surface area contributed by atoms with Gasteiger partial charge in [0.25, 0.3) is 0 Å². The Morgan fingerprint density at radius 2 is 1.08 bits per heavy atom. The standard InChI is InChI=1S/C12H23Br/c13-11-12-9-7-5-3-1-2-4-6-8-10-12/h12H,1-11H2. The molecule has 1 fully saturated rings. The summed E-state index contributed by atoms with van der Waals surface area (Å²) in [6.45, 7) is 0. The lowest BCUT2D eigenvalue weighted by Gasteiger charge is -2.12. The fourth-order valence-corrected chi connectivity index (χ4v) is 2.87. The molecule has 0 radical (unpaired) electrons. The summed E-state index contributed by atoms with van der Waals surface area (Å²) in [6.07, 6.45) is 14.7. The molecule has 0 spiro atoms. The molecule has 1 rings (SSSR count). The summed E-state index contributed by atoms with van der Waals surface area (Å²) < 4.78 is 0. The van der Waals surface area contributed by atoms with Crippen LogP contribution in [0.2, 0.25) is 0 Å². The fourth-order valence-electron chi connectivity index (χ4n) is 2.23. The lowest BCUT2D eigenvalue weighted by molar-refractivity contribution is 0.456. The van der Waals surface area contributed by atoms with E-state index in [1.54, 1.807) is 0 Å². The van der Waals surface area contributed by atoms with E-state index in [1.165, 1.54) is 69.5 Å². The zero-order chi connectivity index (χ0) is 9.36. The Balaban J connectivity index is 2.18. The van der Waals surface area contributed by atoms with Crippen LogP contribution in [0.15, 0.2) is 0 Å². The molecule has 1 aliphatic rings. The van der Waals surface area contributed by atoms with E-state index in [9.17, 15) is 0 Å². The molecule has 0 aromatic rings. The molecular formula is C12H23Br. The van der Waals surface area contributed by atoms with Crippen molar-refractivity contribution in [2.24, 2.45) is 5.92 Å². The second kappa shape index (κ2) is 7.84. The summed E-state index contributed by atoms with van der Waals surface area (Å²) in [5, 5.41) is 1.23. The first kappa shape index (κ1) is 11.6. The molecule has 0 aliphatic heterocycles. The maximum absolute atomic E-state index is 3.64. The first-order valence-electron chi connectivity index (χ1n) is 5.99. The molecule has 0 amide bonds. The van der Waals surface area contributed by atoms with Crippen molar-refractivity contribution in [3.8, 4) is 0 Å². The van der Waals surface area contributed by atoms with E-state index in [-0.39, 0.29) is 0 Å². The van der Waals surface area contributed by atoms with Gasteiger partial charge in [-0.15, -0.1) is 0 Å². The maximum atomic E-state index is 3.64. The Kier molecular flexibility index (Phi) is 6.97. The Morgan fingerprint density at radius 3 is 1.46 bits per heavy atom. The highest BCUT2D eigenvalue weighted by Crippen LogP contribution is 2.22. The van der Waals surface area contributed by atoms with Crippen LogP contribution in [0.5, 0.6) is 0 Å². The van der Waals surface area contributed by atoms with Crippen molar-refractivity contribution in [1.29, 1.82) is 0 Å². The van der Waals surface area contributed by atoms with E-state index in [4.69, 9.17) is 0 Å². The van der Waals surface area contributed by atoms with Crippen LogP contribution < -0.4 is 0 Å². The van der Waals surface area contributed by atoms with Gasteiger partial charge < -0.3 is 0 Å². The second-order valence-electron chi connectivity index (χ2n) is 4.43. The molecule has 0 aromatic heterocycles. The van der Waals surface area contributed by atoms with Gasteiger partial charge in [0.15, 0.2) is 0 Å². The first-order chi connectivity index (χ1) is 6.43. The highest BCUT2D eigenvalue weighted by Gasteiger charge is 2.07. The van der Waals surface area contributed by atoms with Crippen molar-refractivity contribution in [3.63, 3.8) is 0 Å².